The van der Waals surface area contributed by atoms with E-state index in [1.165, 1.54) is 21.9 Å². The van der Waals surface area contributed by atoms with Crippen molar-refractivity contribution in [3.8, 4) is 0 Å². The summed E-state index contributed by atoms with van der Waals surface area (Å²) in [6.07, 6.45) is 0.932. The first-order valence-corrected chi connectivity index (χ1v) is 10.4. The van der Waals surface area contributed by atoms with Gasteiger partial charge in [-0.2, -0.15) is 0 Å². The van der Waals surface area contributed by atoms with Gasteiger partial charge in [0.05, 0.1) is 12.1 Å². The molecule has 0 bridgehead atoms. The third-order valence-corrected chi connectivity index (χ3v) is 5.90. The number of hydrogen-bond acceptors (Lipinski definition) is 5. The number of nitrogens with zero attached hydrogens (tertiary/aromatic N) is 3. The van der Waals surface area contributed by atoms with Gasteiger partial charge in [0.2, 0.25) is 11.8 Å². The van der Waals surface area contributed by atoms with E-state index in [1.54, 1.807) is 0 Å². The van der Waals surface area contributed by atoms with Gasteiger partial charge < -0.3 is 9.52 Å². The second-order valence-electron chi connectivity index (χ2n) is 8.12. The van der Waals surface area contributed by atoms with Crippen molar-refractivity contribution in [2.75, 3.05) is 6.54 Å². The van der Waals surface area contributed by atoms with Crippen LogP contribution in [0.25, 0.3) is 10.8 Å². The molecule has 5 nitrogen and oxygen atoms in total. The Morgan fingerprint density at radius 3 is 2.57 bits per heavy atom. The summed E-state index contributed by atoms with van der Waals surface area (Å²) in [6.45, 7) is 3.12. The smallest absolute Gasteiger partial charge is 0.233 e. The van der Waals surface area contributed by atoms with Crippen LogP contribution < -0.4 is 0 Å². The van der Waals surface area contributed by atoms with Crippen molar-refractivity contribution in [3.05, 3.63) is 95.2 Å². The first-order valence-electron chi connectivity index (χ1n) is 10.4. The van der Waals surface area contributed by atoms with Gasteiger partial charge in [-0.3, -0.25) is 4.90 Å². The predicted octanol–water partition coefficient (Wildman–Crippen LogP) is 4.23. The Labute approximate surface area is 176 Å². The summed E-state index contributed by atoms with van der Waals surface area (Å²) in [5.74, 6) is 1.19. The molecule has 0 saturated carbocycles. The van der Waals surface area contributed by atoms with Crippen molar-refractivity contribution in [2.24, 2.45) is 0 Å². The number of β-amino-alcohol motifs (C(OH)–C–C–N with tert-alkyl or cyclic N) is 1. The van der Waals surface area contributed by atoms with Gasteiger partial charge in [0.25, 0.3) is 0 Å². The van der Waals surface area contributed by atoms with E-state index in [4.69, 9.17) is 4.42 Å². The fourth-order valence-corrected chi connectivity index (χ4v) is 4.43. The number of rotatable bonds is 5. The van der Waals surface area contributed by atoms with Gasteiger partial charge in [-0.05, 0) is 40.3 Å². The van der Waals surface area contributed by atoms with Gasteiger partial charge >= 0.3 is 0 Å². The summed E-state index contributed by atoms with van der Waals surface area (Å²) in [4.78, 5) is 2.26. The summed E-state index contributed by atoms with van der Waals surface area (Å²) >= 11 is 0. The van der Waals surface area contributed by atoms with Gasteiger partial charge in [0.1, 0.15) is 0 Å². The van der Waals surface area contributed by atoms with E-state index in [2.05, 4.69) is 69.7 Å². The van der Waals surface area contributed by atoms with Crippen LogP contribution in [0.2, 0.25) is 0 Å². The van der Waals surface area contributed by atoms with Crippen LogP contribution in [0.5, 0.6) is 0 Å². The number of aromatic nitrogens is 2. The minimum atomic E-state index is -0.483. The molecule has 4 aromatic rings. The number of aliphatic hydroxyl groups excluding tert-OH is 1. The fraction of sp³-hybridized carbons (Fsp3) is 0.280. The Kier molecular flexibility index (Phi) is 5.07. The van der Waals surface area contributed by atoms with Crippen molar-refractivity contribution >= 4 is 10.8 Å². The molecule has 0 saturated heterocycles. The molecule has 2 heterocycles. The largest absolute Gasteiger partial charge is 0.424 e. The van der Waals surface area contributed by atoms with Crippen LogP contribution in [0, 0.1) is 6.92 Å². The minimum absolute atomic E-state index is 0.0210. The number of benzene rings is 3. The van der Waals surface area contributed by atoms with Crippen molar-refractivity contribution in [2.45, 2.75) is 38.5 Å². The van der Waals surface area contributed by atoms with E-state index in [9.17, 15) is 5.11 Å². The molecule has 0 aliphatic carbocycles. The molecule has 1 N–H and O–H groups in total. The summed E-state index contributed by atoms with van der Waals surface area (Å²) in [5.41, 5.74) is 3.74. The zero-order valence-corrected chi connectivity index (χ0v) is 17.0. The van der Waals surface area contributed by atoms with Gasteiger partial charge in [-0.15, -0.1) is 10.2 Å². The van der Waals surface area contributed by atoms with Crippen LogP contribution in [0.3, 0.4) is 0 Å². The lowest BCUT2D eigenvalue weighted by atomic mass is 9.93. The predicted molar refractivity (Wildman–Crippen MR) is 116 cm³/mol. The van der Waals surface area contributed by atoms with E-state index in [0.29, 0.717) is 24.7 Å². The molecule has 0 amide bonds. The number of aliphatic hydroxyl groups is 1. The molecule has 3 aromatic carbocycles. The highest BCUT2D eigenvalue weighted by atomic mass is 16.4. The lowest BCUT2D eigenvalue weighted by Gasteiger charge is -2.36. The Morgan fingerprint density at radius 1 is 1.00 bits per heavy atom. The fourth-order valence-electron chi connectivity index (χ4n) is 4.43. The minimum Gasteiger partial charge on any atom is -0.424 e. The molecular formula is C25H25N3O2. The quantitative estimate of drug-likeness (QED) is 0.544. The molecule has 0 fully saturated rings. The number of hydrogen-bond donors (Lipinski definition) is 1. The topological polar surface area (TPSA) is 62.4 Å². The van der Waals surface area contributed by atoms with Crippen molar-refractivity contribution in [3.63, 3.8) is 0 Å². The highest BCUT2D eigenvalue weighted by molar-refractivity contribution is 5.83. The molecule has 152 valence electrons. The Bertz CT molecular complexity index is 1170. The lowest BCUT2D eigenvalue weighted by molar-refractivity contribution is 0.0653. The molecule has 5 heteroatoms. The normalized spacial score (nSPS) is 17.7. The van der Waals surface area contributed by atoms with Crippen LogP contribution in [-0.2, 0) is 19.4 Å². The average molecular weight is 399 g/mol. The highest BCUT2D eigenvalue weighted by Crippen LogP contribution is 2.33. The van der Waals surface area contributed by atoms with E-state index >= 15 is 0 Å². The molecular weight excluding hydrogens is 374 g/mol. The first kappa shape index (κ1) is 19.0. The maximum Gasteiger partial charge on any atom is 0.233 e. The molecule has 30 heavy (non-hydrogen) atoms. The monoisotopic (exact) mass is 399 g/mol. The zero-order valence-electron chi connectivity index (χ0n) is 17.0. The van der Waals surface area contributed by atoms with Crippen molar-refractivity contribution in [1.82, 2.24) is 15.1 Å². The molecule has 0 spiro atoms. The molecule has 1 aliphatic heterocycles. The summed E-state index contributed by atoms with van der Waals surface area (Å²) in [6, 6.07) is 23.2. The number of aryl methyl sites for hydroxylation is 1. The third kappa shape index (κ3) is 3.86. The lowest BCUT2D eigenvalue weighted by Crippen LogP contribution is -2.40. The molecule has 2 atom stereocenters. The van der Waals surface area contributed by atoms with E-state index in [-0.39, 0.29) is 6.04 Å². The standard InChI is InChI=1S/C25H25N3O2/c1-17-26-27-25(30-17)24-14-21-8-4-5-9-22(21)15-28(24)16-23(29)13-18-10-11-19-6-2-3-7-20(19)12-18/h2-12,23-24,29H,13-16H2,1H3/t23-,24+/m1/s1. The maximum absolute atomic E-state index is 10.9. The van der Waals surface area contributed by atoms with E-state index in [1.807, 2.05) is 19.1 Å². The Hall–Kier alpha value is -3.02. The van der Waals surface area contributed by atoms with Crippen LogP contribution in [0.15, 0.2) is 71.1 Å². The average Bonchev–Trinajstić information content (AvgIpc) is 3.19. The molecule has 0 unspecified atom stereocenters. The van der Waals surface area contributed by atoms with Crippen molar-refractivity contribution in [1.29, 1.82) is 0 Å². The highest BCUT2D eigenvalue weighted by Gasteiger charge is 2.32. The molecule has 5 rings (SSSR count). The molecule has 1 aromatic heterocycles. The summed E-state index contributed by atoms with van der Waals surface area (Å²) in [7, 11) is 0. The summed E-state index contributed by atoms with van der Waals surface area (Å²) < 4.78 is 5.77. The SMILES string of the molecule is Cc1nnc([C@@H]2Cc3ccccc3CN2C[C@H](O)Cc2ccc3ccccc3c2)o1. The number of fused-ring (bicyclic) bond motifs is 2. The maximum atomic E-state index is 10.9. The van der Waals surface area contributed by atoms with Crippen LogP contribution in [0.1, 0.15) is 34.5 Å². The zero-order chi connectivity index (χ0) is 20.5. The van der Waals surface area contributed by atoms with Gasteiger partial charge in [0.15, 0.2) is 0 Å². The molecule has 1 aliphatic rings. The third-order valence-electron chi connectivity index (χ3n) is 5.90. The second kappa shape index (κ2) is 8.01. The second-order valence-corrected chi connectivity index (χ2v) is 8.12. The van der Waals surface area contributed by atoms with Crippen LogP contribution >= 0.6 is 0 Å². The Balaban J connectivity index is 1.36. The van der Waals surface area contributed by atoms with Crippen molar-refractivity contribution < 1.29 is 9.52 Å². The van der Waals surface area contributed by atoms with Gasteiger partial charge in [-0.1, -0.05) is 66.7 Å². The summed E-state index contributed by atoms with van der Waals surface area (Å²) in [5, 5.41) is 21.7. The van der Waals surface area contributed by atoms with Gasteiger partial charge in [-0.25, -0.2) is 0 Å². The van der Waals surface area contributed by atoms with E-state index < -0.39 is 6.10 Å². The van der Waals surface area contributed by atoms with E-state index in [0.717, 1.165) is 18.5 Å². The van der Waals surface area contributed by atoms with Gasteiger partial charge in [0, 0.05) is 20.0 Å². The molecule has 0 radical (unpaired) electrons. The first-order chi connectivity index (χ1) is 14.7. The Morgan fingerprint density at radius 2 is 1.77 bits per heavy atom. The van der Waals surface area contributed by atoms with Crippen LogP contribution in [0.4, 0.5) is 0 Å². The van der Waals surface area contributed by atoms with Crippen LogP contribution in [-0.4, -0.2) is 32.9 Å².